The molecule has 1 atom stereocenters. The molecule has 1 aromatic carbocycles. The van der Waals surface area contributed by atoms with Crippen LogP contribution < -0.4 is 15.5 Å². The van der Waals surface area contributed by atoms with Gasteiger partial charge in [-0.15, -0.1) is 0 Å². The molecule has 2 aliphatic rings. The number of anilines is 1. The number of ether oxygens (including phenoxy) is 1. The van der Waals surface area contributed by atoms with Crippen LogP contribution in [0.15, 0.2) is 29.2 Å². The molecule has 0 radical (unpaired) electrons. The first kappa shape index (κ1) is 17.0. The van der Waals surface area contributed by atoms with Crippen LogP contribution in [0.3, 0.4) is 0 Å². The summed E-state index contributed by atoms with van der Waals surface area (Å²) in [4.78, 5) is 47.4. The minimum absolute atomic E-state index is 0.181. The van der Waals surface area contributed by atoms with Crippen LogP contribution in [0.25, 0.3) is 6.08 Å². The van der Waals surface area contributed by atoms with E-state index in [1.807, 2.05) is 0 Å². The number of nitrogens with zero attached hydrogens (tertiary/aromatic N) is 1. The number of carbonyl (C=O) groups is 4. The molecule has 0 saturated carbocycles. The van der Waals surface area contributed by atoms with E-state index in [4.69, 9.17) is 4.74 Å². The SMILES string of the molecule is CC(=O)NCC1CN(c2ccc(/C=C3\SC(=O)NC3=O)cc2)C(=O)O1. The summed E-state index contributed by atoms with van der Waals surface area (Å²) in [7, 11) is 0. The monoisotopic (exact) mass is 361 g/mol. The first-order valence-electron chi connectivity index (χ1n) is 7.50. The van der Waals surface area contributed by atoms with Gasteiger partial charge in [0.15, 0.2) is 0 Å². The lowest BCUT2D eigenvalue weighted by Gasteiger charge is -2.13. The number of hydrogen-bond acceptors (Lipinski definition) is 6. The maximum Gasteiger partial charge on any atom is 0.414 e. The molecule has 2 heterocycles. The summed E-state index contributed by atoms with van der Waals surface area (Å²) in [6.07, 6.45) is 0.733. The lowest BCUT2D eigenvalue weighted by molar-refractivity contribution is -0.119. The Kier molecular flexibility index (Phi) is 4.75. The molecular weight excluding hydrogens is 346 g/mol. The van der Waals surface area contributed by atoms with Crippen molar-refractivity contribution in [3.05, 3.63) is 34.7 Å². The van der Waals surface area contributed by atoms with Crippen LogP contribution in [0.1, 0.15) is 12.5 Å². The zero-order chi connectivity index (χ0) is 18.0. The summed E-state index contributed by atoms with van der Waals surface area (Å²) in [5.74, 6) is -0.595. The average Bonchev–Trinajstić information content (AvgIpc) is 3.08. The van der Waals surface area contributed by atoms with Crippen LogP contribution in [0.5, 0.6) is 0 Å². The highest BCUT2D eigenvalue weighted by atomic mass is 32.2. The quantitative estimate of drug-likeness (QED) is 0.787. The Hall–Kier alpha value is -2.81. The maximum absolute atomic E-state index is 12.0. The highest BCUT2D eigenvalue weighted by Gasteiger charge is 2.32. The normalized spacial score (nSPS) is 21.5. The van der Waals surface area contributed by atoms with Crippen molar-refractivity contribution >= 4 is 46.7 Å². The van der Waals surface area contributed by atoms with E-state index >= 15 is 0 Å². The molecular formula is C16H15N3O5S. The van der Waals surface area contributed by atoms with Gasteiger partial charge in [-0.2, -0.15) is 0 Å². The molecule has 0 spiro atoms. The fourth-order valence-electron chi connectivity index (χ4n) is 2.42. The van der Waals surface area contributed by atoms with Gasteiger partial charge in [0.25, 0.3) is 11.1 Å². The van der Waals surface area contributed by atoms with E-state index in [-0.39, 0.29) is 12.5 Å². The lowest BCUT2D eigenvalue weighted by atomic mass is 10.1. The molecule has 1 aromatic rings. The molecule has 2 aliphatic heterocycles. The second-order valence-corrected chi connectivity index (χ2v) is 6.51. The number of hydrogen-bond donors (Lipinski definition) is 2. The third-order valence-electron chi connectivity index (χ3n) is 3.60. The summed E-state index contributed by atoms with van der Waals surface area (Å²) in [6, 6.07) is 6.95. The number of rotatable bonds is 4. The zero-order valence-corrected chi connectivity index (χ0v) is 14.1. The molecule has 0 aliphatic carbocycles. The van der Waals surface area contributed by atoms with Crippen molar-refractivity contribution < 1.29 is 23.9 Å². The molecule has 4 amide bonds. The predicted molar refractivity (Wildman–Crippen MR) is 91.8 cm³/mol. The van der Waals surface area contributed by atoms with Crippen molar-refractivity contribution in [1.82, 2.24) is 10.6 Å². The van der Waals surface area contributed by atoms with Crippen LogP contribution in [0.4, 0.5) is 15.3 Å². The first-order valence-corrected chi connectivity index (χ1v) is 8.31. The Morgan fingerprint density at radius 1 is 1.36 bits per heavy atom. The van der Waals surface area contributed by atoms with E-state index in [0.717, 1.165) is 17.3 Å². The van der Waals surface area contributed by atoms with Gasteiger partial charge in [0, 0.05) is 12.6 Å². The van der Waals surface area contributed by atoms with Gasteiger partial charge in [0.2, 0.25) is 5.91 Å². The highest BCUT2D eigenvalue weighted by molar-refractivity contribution is 8.18. The van der Waals surface area contributed by atoms with Gasteiger partial charge < -0.3 is 10.1 Å². The van der Waals surface area contributed by atoms with Crippen LogP contribution in [0, 0.1) is 0 Å². The standard InChI is InChI=1S/C16H15N3O5S/c1-9(20)17-7-12-8-19(16(23)24-12)11-4-2-10(3-5-11)6-13-14(21)18-15(22)25-13/h2-6,12H,7-8H2,1H3,(H,17,20)(H,18,21,22)/b13-6-. The van der Waals surface area contributed by atoms with E-state index in [2.05, 4.69) is 10.6 Å². The van der Waals surface area contributed by atoms with Crippen molar-refractivity contribution in [2.24, 2.45) is 0 Å². The Morgan fingerprint density at radius 3 is 2.68 bits per heavy atom. The number of amides is 4. The molecule has 25 heavy (non-hydrogen) atoms. The molecule has 2 N–H and O–H groups in total. The van der Waals surface area contributed by atoms with Crippen molar-refractivity contribution in [3.8, 4) is 0 Å². The van der Waals surface area contributed by atoms with Gasteiger partial charge >= 0.3 is 6.09 Å². The number of cyclic esters (lactones) is 1. The molecule has 9 heteroatoms. The largest absolute Gasteiger partial charge is 0.442 e. The highest BCUT2D eigenvalue weighted by Crippen LogP contribution is 2.27. The second kappa shape index (κ2) is 6.98. The summed E-state index contributed by atoms with van der Waals surface area (Å²) >= 11 is 0.849. The molecule has 8 nitrogen and oxygen atoms in total. The number of imide groups is 1. The predicted octanol–water partition coefficient (Wildman–Crippen LogP) is 1.47. The third-order valence-corrected chi connectivity index (χ3v) is 4.41. The molecule has 3 rings (SSSR count). The van der Waals surface area contributed by atoms with Crippen LogP contribution in [0.2, 0.25) is 0 Å². The van der Waals surface area contributed by atoms with Gasteiger partial charge in [0.1, 0.15) is 6.10 Å². The van der Waals surface area contributed by atoms with Crippen molar-refractivity contribution in [1.29, 1.82) is 0 Å². The lowest BCUT2D eigenvalue weighted by Crippen LogP contribution is -2.33. The Bertz CT molecular complexity index is 774. The maximum atomic E-state index is 12.0. The second-order valence-electron chi connectivity index (χ2n) is 5.50. The van der Waals surface area contributed by atoms with E-state index in [1.165, 1.54) is 11.8 Å². The van der Waals surface area contributed by atoms with Gasteiger partial charge in [0.05, 0.1) is 18.0 Å². The van der Waals surface area contributed by atoms with Crippen molar-refractivity contribution in [2.45, 2.75) is 13.0 Å². The van der Waals surface area contributed by atoms with Crippen molar-refractivity contribution in [3.63, 3.8) is 0 Å². The van der Waals surface area contributed by atoms with Gasteiger partial charge in [-0.1, -0.05) is 12.1 Å². The molecule has 0 bridgehead atoms. The first-order chi connectivity index (χ1) is 11.9. The van der Waals surface area contributed by atoms with Gasteiger partial charge in [-0.3, -0.25) is 24.6 Å². The Morgan fingerprint density at radius 2 is 2.08 bits per heavy atom. The fourth-order valence-corrected chi connectivity index (χ4v) is 3.10. The fraction of sp³-hybridized carbons (Fsp3) is 0.250. The van der Waals surface area contributed by atoms with Crippen LogP contribution in [-0.4, -0.2) is 42.3 Å². The molecule has 2 fully saturated rings. The number of thioether (sulfide) groups is 1. The third kappa shape index (κ3) is 4.00. The summed E-state index contributed by atoms with van der Waals surface area (Å²) in [5, 5.41) is 4.42. The minimum Gasteiger partial charge on any atom is -0.442 e. The van der Waals surface area contributed by atoms with Crippen LogP contribution in [-0.2, 0) is 14.3 Å². The van der Waals surface area contributed by atoms with E-state index < -0.39 is 23.3 Å². The smallest absolute Gasteiger partial charge is 0.414 e. The van der Waals surface area contributed by atoms with Gasteiger partial charge in [-0.25, -0.2) is 4.79 Å². The van der Waals surface area contributed by atoms with E-state index in [0.29, 0.717) is 17.1 Å². The van der Waals surface area contributed by atoms with E-state index in [9.17, 15) is 19.2 Å². The summed E-state index contributed by atoms with van der Waals surface area (Å²) in [6.45, 7) is 2.01. The number of carbonyl (C=O) groups excluding carboxylic acids is 4. The molecule has 1 unspecified atom stereocenters. The zero-order valence-electron chi connectivity index (χ0n) is 13.3. The number of benzene rings is 1. The summed E-state index contributed by atoms with van der Waals surface area (Å²) < 4.78 is 5.21. The molecule has 0 aromatic heterocycles. The topological polar surface area (TPSA) is 105 Å². The molecule has 2 saturated heterocycles. The molecule has 130 valence electrons. The Balaban J connectivity index is 1.67. The Labute approximate surface area is 147 Å². The van der Waals surface area contributed by atoms with Crippen molar-refractivity contribution in [2.75, 3.05) is 18.0 Å². The number of nitrogens with one attached hydrogen (secondary N) is 2. The summed E-state index contributed by atoms with van der Waals surface area (Å²) in [5.41, 5.74) is 1.38. The van der Waals surface area contributed by atoms with E-state index in [1.54, 1.807) is 30.3 Å². The average molecular weight is 361 g/mol. The van der Waals surface area contributed by atoms with Crippen LogP contribution >= 0.6 is 11.8 Å². The van der Waals surface area contributed by atoms with Gasteiger partial charge in [-0.05, 0) is 35.5 Å². The minimum atomic E-state index is -0.474.